The lowest BCUT2D eigenvalue weighted by Crippen LogP contribution is -2.43. The van der Waals surface area contributed by atoms with Gasteiger partial charge >= 0.3 is 0 Å². The summed E-state index contributed by atoms with van der Waals surface area (Å²) in [7, 11) is -3.68. The molecule has 1 atom stereocenters. The topological polar surface area (TPSA) is 84.3 Å². The molecule has 2 aromatic rings. The lowest BCUT2D eigenvalue weighted by atomic mass is 9.98. The van der Waals surface area contributed by atoms with Gasteiger partial charge in [-0.1, -0.05) is 6.07 Å². The van der Waals surface area contributed by atoms with Crippen LogP contribution in [0.4, 0.5) is 5.69 Å². The van der Waals surface area contributed by atoms with Crippen molar-refractivity contribution in [3.8, 4) is 0 Å². The van der Waals surface area contributed by atoms with Crippen LogP contribution in [0.1, 0.15) is 30.9 Å². The second-order valence-corrected chi connectivity index (χ2v) is 8.92. The van der Waals surface area contributed by atoms with Crippen molar-refractivity contribution in [2.45, 2.75) is 45.2 Å². The number of piperidine rings is 1. The van der Waals surface area contributed by atoms with Gasteiger partial charge in [-0.15, -0.1) is 0 Å². The lowest BCUT2D eigenvalue weighted by molar-refractivity contribution is -0.120. The Morgan fingerprint density at radius 2 is 2.07 bits per heavy atom. The Balaban J connectivity index is 1.71. The Labute approximate surface area is 160 Å². The predicted molar refractivity (Wildman–Crippen MR) is 104 cm³/mol. The molecule has 8 heteroatoms. The second-order valence-electron chi connectivity index (χ2n) is 7.03. The van der Waals surface area contributed by atoms with Gasteiger partial charge in [-0.25, -0.2) is 13.4 Å². The molecule has 1 aromatic heterocycles. The lowest BCUT2D eigenvalue weighted by Gasteiger charge is -2.30. The fourth-order valence-electron chi connectivity index (χ4n) is 3.22. The van der Waals surface area contributed by atoms with E-state index in [2.05, 4.69) is 10.3 Å². The Morgan fingerprint density at radius 3 is 2.74 bits per heavy atom. The Morgan fingerprint density at radius 1 is 1.30 bits per heavy atom. The van der Waals surface area contributed by atoms with Gasteiger partial charge in [0.2, 0.25) is 5.91 Å². The fourth-order valence-corrected chi connectivity index (χ4v) is 4.68. The Hall–Kier alpha value is -2.19. The Kier molecular flexibility index (Phi) is 5.67. The number of rotatable bonds is 5. The van der Waals surface area contributed by atoms with Gasteiger partial charge in [0.1, 0.15) is 0 Å². The predicted octanol–water partition coefficient (Wildman–Crippen LogP) is 2.56. The third-order valence-corrected chi connectivity index (χ3v) is 6.86. The van der Waals surface area contributed by atoms with E-state index in [0.717, 1.165) is 16.8 Å². The summed E-state index contributed by atoms with van der Waals surface area (Å²) in [5.74, 6) is -0.513. The monoisotopic (exact) mass is 390 g/mol. The van der Waals surface area contributed by atoms with Crippen LogP contribution in [0.15, 0.2) is 35.7 Å². The molecule has 1 N–H and O–H groups in total. The highest BCUT2D eigenvalue weighted by molar-refractivity contribution is 7.89. The van der Waals surface area contributed by atoms with Gasteiger partial charge in [0.25, 0.3) is 10.0 Å². The van der Waals surface area contributed by atoms with Crippen molar-refractivity contribution in [2.75, 3.05) is 18.4 Å². The van der Waals surface area contributed by atoms with Crippen LogP contribution < -0.4 is 5.32 Å². The zero-order chi connectivity index (χ0) is 19.6. The summed E-state index contributed by atoms with van der Waals surface area (Å²) in [6, 6.07) is 5.77. The summed E-state index contributed by atoms with van der Waals surface area (Å²) in [6.45, 7) is 7.18. The van der Waals surface area contributed by atoms with E-state index in [1.807, 2.05) is 39.0 Å². The summed E-state index contributed by atoms with van der Waals surface area (Å²) in [5, 5.41) is 2.97. The molecule has 1 amide bonds. The first-order valence-electron chi connectivity index (χ1n) is 9.21. The molecule has 1 fully saturated rings. The first kappa shape index (κ1) is 19.6. The van der Waals surface area contributed by atoms with Crippen LogP contribution in [0.5, 0.6) is 0 Å². The molecule has 1 aliphatic rings. The van der Waals surface area contributed by atoms with Crippen molar-refractivity contribution in [1.29, 1.82) is 0 Å². The number of aromatic nitrogens is 2. The van der Waals surface area contributed by atoms with Crippen molar-refractivity contribution < 1.29 is 13.2 Å². The number of benzene rings is 1. The van der Waals surface area contributed by atoms with Gasteiger partial charge in [0, 0.05) is 31.5 Å². The van der Waals surface area contributed by atoms with E-state index < -0.39 is 10.0 Å². The van der Waals surface area contributed by atoms with E-state index in [0.29, 0.717) is 25.9 Å². The maximum Gasteiger partial charge on any atom is 0.262 e. The third-order valence-electron chi connectivity index (χ3n) is 5.11. The number of imidazole rings is 1. The molecule has 2 heterocycles. The molecule has 0 spiro atoms. The van der Waals surface area contributed by atoms with Crippen molar-refractivity contribution in [1.82, 2.24) is 13.9 Å². The number of nitrogens with zero attached hydrogens (tertiary/aromatic N) is 3. The van der Waals surface area contributed by atoms with Gasteiger partial charge in [-0.3, -0.25) is 4.79 Å². The highest BCUT2D eigenvalue weighted by Gasteiger charge is 2.34. The van der Waals surface area contributed by atoms with Crippen molar-refractivity contribution in [3.05, 3.63) is 41.9 Å². The number of carbonyl (C=O) groups excluding carboxylic acids is 1. The molecule has 3 rings (SSSR count). The minimum atomic E-state index is -3.68. The van der Waals surface area contributed by atoms with Crippen LogP contribution in [0.2, 0.25) is 0 Å². The number of hydrogen-bond donors (Lipinski definition) is 1. The quantitative estimate of drug-likeness (QED) is 0.850. The largest absolute Gasteiger partial charge is 0.336 e. The first-order chi connectivity index (χ1) is 12.8. The molecule has 0 radical (unpaired) electrons. The molecule has 0 bridgehead atoms. The summed E-state index contributed by atoms with van der Waals surface area (Å²) in [5.41, 5.74) is 3.01. The van der Waals surface area contributed by atoms with Gasteiger partial charge in [-0.2, -0.15) is 4.31 Å². The molecule has 27 heavy (non-hydrogen) atoms. The molecule has 146 valence electrons. The van der Waals surface area contributed by atoms with Crippen molar-refractivity contribution in [3.63, 3.8) is 0 Å². The third kappa shape index (κ3) is 4.22. The maximum absolute atomic E-state index is 12.8. The average molecular weight is 391 g/mol. The fraction of sp³-hybridized carbons (Fsp3) is 0.474. The van der Waals surface area contributed by atoms with Gasteiger partial charge in [0.05, 0.1) is 12.2 Å². The minimum absolute atomic E-state index is 0.0413. The SMILES string of the molecule is CCn1cnc(S(=O)(=O)N2CCC[C@@H](C(=O)Nc3ccc(C)c(C)c3)C2)c1. The van der Waals surface area contributed by atoms with E-state index >= 15 is 0 Å². The zero-order valence-corrected chi connectivity index (χ0v) is 16.8. The van der Waals surface area contributed by atoms with E-state index in [9.17, 15) is 13.2 Å². The molecular weight excluding hydrogens is 364 g/mol. The normalized spacial score (nSPS) is 18.4. The van der Waals surface area contributed by atoms with Crippen LogP contribution in [0.25, 0.3) is 0 Å². The molecule has 1 aliphatic heterocycles. The maximum atomic E-state index is 12.8. The molecule has 1 saturated heterocycles. The van der Waals surface area contributed by atoms with Crippen LogP contribution >= 0.6 is 0 Å². The van der Waals surface area contributed by atoms with Gasteiger partial charge < -0.3 is 9.88 Å². The number of aryl methyl sites for hydroxylation is 3. The average Bonchev–Trinajstić information content (AvgIpc) is 3.15. The molecule has 0 aliphatic carbocycles. The number of hydrogen-bond acceptors (Lipinski definition) is 4. The number of anilines is 1. The summed E-state index contributed by atoms with van der Waals surface area (Å²) >= 11 is 0. The van der Waals surface area contributed by atoms with E-state index in [4.69, 9.17) is 0 Å². The first-order valence-corrected chi connectivity index (χ1v) is 10.7. The minimum Gasteiger partial charge on any atom is -0.336 e. The van der Waals surface area contributed by atoms with E-state index in [-0.39, 0.29) is 23.4 Å². The second kappa shape index (κ2) is 7.82. The highest BCUT2D eigenvalue weighted by Crippen LogP contribution is 2.24. The number of sulfonamides is 1. The van der Waals surface area contributed by atoms with Gasteiger partial charge in [-0.05, 0) is 56.9 Å². The van der Waals surface area contributed by atoms with Crippen LogP contribution in [0.3, 0.4) is 0 Å². The summed E-state index contributed by atoms with van der Waals surface area (Å²) in [4.78, 5) is 16.7. The van der Waals surface area contributed by atoms with Crippen LogP contribution in [-0.4, -0.2) is 41.3 Å². The molecular formula is C19H26N4O3S. The smallest absolute Gasteiger partial charge is 0.262 e. The molecule has 1 aromatic carbocycles. The van der Waals surface area contributed by atoms with E-state index in [1.165, 1.54) is 16.8 Å². The van der Waals surface area contributed by atoms with Gasteiger partial charge in [0.15, 0.2) is 5.03 Å². The number of amides is 1. The molecule has 0 unspecified atom stereocenters. The molecule has 0 saturated carbocycles. The molecule has 7 nitrogen and oxygen atoms in total. The summed E-state index contributed by atoms with van der Waals surface area (Å²) < 4.78 is 28.8. The van der Waals surface area contributed by atoms with Crippen LogP contribution in [0, 0.1) is 19.8 Å². The highest BCUT2D eigenvalue weighted by atomic mass is 32.2. The zero-order valence-electron chi connectivity index (χ0n) is 16.0. The standard InChI is InChI=1S/C19H26N4O3S/c1-4-22-12-18(20-13-22)27(25,26)23-9-5-6-16(11-23)19(24)21-17-8-7-14(2)15(3)10-17/h7-8,10,12-13,16H,4-6,9,11H2,1-3H3,(H,21,24)/t16-/m1/s1. The number of nitrogens with one attached hydrogen (secondary N) is 1. The number of carbonyl (C=O) groups is 1. The Bertz CT molecular complexity index is 936. The van der Waals surface area contributed by atoms with Crippen LogP contribution in [-0.2, 0) is 21.4 Å². The van der Waals surface area contributed by atoms with E-state index in [1.54, 1.807) is 4.57 Å². The van der Waals surface area contributed by atoms with Crippen molar-refractivity contribution >= 4 is 21.6 Å². The van der Waals surface area contributed by atoms with Crippen molar-refractivity contribution in [2.24, 2.45) is 5.92 Å². The summed E-state index contributed by atoms with van der Waals surface area (Å²) in [6.07, 6.45) is 4.37.